The Morgan fingerprint density at radius 1 is 1.20 bits per heavy atom. The molecule has 1 N–H and O–H groups in total. The first-order chi connectivity index (χ1) is 16.6. The smallest absolute Gasteiger partial charge is 0.230 e. The molecular formula is C25H27Cl2N3O3S2. The number of benzene rings is 2. The second-order valence-electron chi connectivity index (χ2n) is 8.93. The highest BCUT2D eigenvalue weighted by Crippen LogP contribution is 2.43. The minimum atomic E-state index is -3.36. The Balaban J connectivity index is 1.44. The second kappa shape index (κ2) is 10.6. The van der Waals surface area contributed by atoms with Crippen molar-refractivity contribution in [1.82, 2.24) is 9.88 Å². The molecule has 2 heterocycles. The third-order valence-corrected chi connectivity index (χ3v) is 9.35. The van der Waals surface area contributed by atoms with Gasteiger partial charge >= 0.3 is 0 Å². The number of hydrogen-bond donors (Lipinski definition) is 1. The Morgan fingerprint density at radius 2 is 1.91 bits per heavy atom. The fourth-order valence-corrected chi connectivity index (χ4v) is 6.69. The fourth-order valence-electron chi connectivity index (χ4n) is 4.30. The number of carbonyl (C=O) groups is 1. The van der Waals surface area contributed by atoms with Crippen molar-refractivity contribution in [2.45, 2.75) is 51.2 Å². The minimum Gasteiger partial charge on any atom is -0.302 e. The van der Waals surface area contributed by atoms with Crippen LogP contribution in [0.2, 0.25) is 10.0 Å². The molecule has 186 valence electrons. The zero-order valence-electron chi connectivity index (χ0n) is 19.7. The van der Waals surface area contributed by atoms with Crippen molar-refractivity contribution in [3.63, 3.8) is 0 Å². The molecule has 3 aromatic rings. The van der Waals surface area contributed by atoms with Gasteiger partial charge in [-0.15, -0.1) is 11.3 Å². The molecule has 0 radical (unpaired) electrons. The van der Waals surface area contributed by atoms with E-state index in [4.69, 9.17) is 28.2 Å². The van der Waals surface area contributed by atoms with Crippen LogP contribution in [0.25, 0.3) is 0 Å². The van der Waals surface area contributed by atoms with Crippen molar-refractivity contribution >= 4 is 55.4 Å². The number of anilines is 1. The standard InChI is InChI=1S/C25H27Cl2N3O3S2/c1-4-35(32,33)19-10-7-17(20(27)12-19)11-22(31)28-25-29-23-21(34-25)14-30(24(23)15(2)3)13-16-5-8-18(26)9-6-16/h5-10,12,15,24H,4,11,13-14H2,1-3H3,(H,28,29,31)/t24-/m0/s1. The molecule has 0 bridgehead atoms. The summed E-state index contributed by atoms with van der Waals surface area (Å²) >= 11 is 13.8. The average molecular weight is 553 g/mol. The van der Waals surface area contributed by atoms with Gasteiger partial charge in [0, 0.05) is 28.0 Å². The summed E-state index contributed by atoms with van der Waals surface area (Å²) < 4.78 is 24.1. The van der Waals surface area contributed by atoms with Crippen molar-refractivity contribution in [1.29, 1.82) is 0 Å². The van der Waals surface area contributed by atoms with Gasteiger partial charge in [-0.25, -0.2) is 13.4 Å². The summed E-state index contributed by atoms with van der Waals surface area (Å²) in [6, 6.07) is 12.5. The molecule has 10 heteroatoms. The van der Waals surface area contributed by atoms with Gasteiger partial charge in [-0.05, 0) is 41.3 Å². The molecule has 0 aliphatic carbocycles. The number of aromatic nitrogens is 1. The molecular weight excluding hydrogens is 525 g/mol. The Hall–Kier alpha value is -1.97. The average Bonchev–Trinajstić information content (AvgIpc) is 3.32. The zero-order chi connectivity index (χ0) is 25.3. The van der Waals surface area contributed by atoms with Gasteiger partial charge in [-0.3, -0.25) is 9.69 Å². The number of carbonyl (C=O) groups excluding carboxylic acids is 1. The van der Waals surface area contributed by atoms with Crippen LogP contribution in [0.4, 0.5) is 5.13 Å². The summed E-state index contributed by atoms with van der Waals surface area (Å²) in [4.78, 5) is 21.2. The minimum absolute atomic E-state index is 0.00756. The van der Waals surface area contributed by atoms with Gasteiger partial charge in [-0.1, -0.05) is 62.2 Å². The molecule has 1 amide bonds. The van der Waals surface area contributed by atoms with E-state index in [1.165, 1.54) is 29.0 Å². The number of thiazole rings is 1. The van der Waals surface area contributed by atoms with E-state index in [2.05, 4.69) is 24.1 Å². The maximum Gasteiger partial charge on any atom is 0.230 e. The van der Waals surface area contributed by atoms with Gasteiger partial charge in [-0.2, -0.15) is 0 Å². The summed E-state index contributed by atoms with van der Waals surface area (Å²) in [6.07, 6.45) is 0.0336. The molecule has 1 aliphatic rings. The number of sulfone groups is 1. The van der Waals surface area contributed by atoms with E-state index in [1.807, 2.05) is 24.3 Å². The van der Waals surface area contributed by atoms with Crippen LogP contribution >= 0.6 is 34.5 Å². The Bertz CT molecular complexity index is 1340. The number of halogens is 2. The highest BCUT2D eigenvalue weighted by Gasteiger charge is 2.36. The van der Waals surface area contributed by atoms with E-state index in [9.17, 15) is 13.2 Å². The predicted molar refractivity (Wildman–Crippen MR) is 142 cm³/mol. The number of rotatable bonds is 8. The van der Waals surface area contributed by atoms with E-state index in [1.54, 1.807) is 13.0 Å². The van der Waals surface area contributed by atoms with Crippen molar-refractivity contribution in [2.75, 3.05) is 11.1 Å². The predicted octanol–water partition coefficient (Wildman–Crippen LogP) is 6.14. The lowest BCUT2D eigenvalue weighted by molar-refractivity contribution is -0.115. The summed E-state index contributed by atoms with van der Waals surface area (Å²) in [7, 11) is -3.36. The molecule has 2 aromatic carbocycles. The van der Waals surface area contributed by atoms with Gasteiger partial charge < -0.3 is 5.32 Å². The number of nitrogens with zero attached hydrogens (tertiary/aromatic N) is 2. The first kappa shape index (κ1) is 26.1. The first-order valence-electron chi connectivity index (χ1n) is 11.4. The van der Waals surface area contributed by atoms with E-state index < -0.39 is 9.84 Å². The van der Waals surface area contributed by atoms with Crippen LogP contribution in [0.1, 0.15) is 48.5 Å². The molecule has 1 atom stereocenters. The zero-order valence-corrected chi connectivity index (χ0v) is 22.9. The Morgan fingerprint density at radius 3 is 2.54 bits per heavy atom. The van der Waals surface area contributed by atoms with Gasteiger partial charge in [0.05, 0.1) is 28.8 Å². The Kier molecular flexibility index (Phi) is 7.88. The van der Waals surface area contributed by atoms with E-state index >= 15 is 0 Å². The largest absolute Gasteiger partial charge is 0.302 e. The molecule has 0 saturated heterocycles. The molecule has 1 aliphatic heterocycles. The van der Waals surface area contributed by atoms with E-state index in [-0.39, 0.29) is 34.0 Å². The monoisotopic (exact) mass is 551 g/mol. The lowest BCUT2D eigenvalue weighted by Gasteiger charge is -2.27. The molecule has 0 fully saturated rings. The number of nitrogens with one attached hydrogen (secondary N) is 1. The first-order valence-corrected chi connectivity index (χ1v) is 14.6. The quantitative estimate of drug-likeness (QED) is 0.363. The molecule has 0 unspecified atom stereocenters. The molecule has 35 heavy (non-hydrogen) atoms. The van der Waals surface area contributed by atoms with Crippen LogP contribution < -0.4 is 5.32 Å². The molecule has 4 rings (SSSR count). The normalized spacial score (nSPS) is 16.0. The summed E-state index contributed by atoms with van der Waals surface area (Å²) in [5.74, 6) is 0.0993. The van der Waals surface area contributed by atoms with Crippen molar-refractivity contribution in [2.24, 2.45) is 5.92 Å². The highest BCUT2D eigenvalue weighted by molar-refractivity contribution is 7.91. The SMILES string of the molecule is CCS(=O)(=O)c1ccc(CC(=O)Nc2nc3c(s2)CN(Cc2ccc(Cl)cc2)[C@H]3C(C)C)c(Cl)c1. The second-order valence-corrected chi connectivity index (χ2v) is 13.1. The van der Waals surface area contributed by atoms with Gasteiger partial charge in [0.1, 0.15) is 0 Å². The van der Waals surface area contributed by atoms with Crippen LogP contribution in [0.5, 0.6) is 0 Å². The van der Waals surface area contributed by atoms with Gasteiger partial charge in [0.25, 0.3) is 0 Å². The van der Waals surface area contributed by atoms with Crippen LogP contribution in [0, 0.1) is 5.92 Å². The molecule has 1 aromatic heterocycles. The van der Waals surface area contributed by atoms with Crippen LogP contribution in [-0.4, -0.2) is 30.0 Å². The highest BCUT2D eigenvalue weighted by atomic mass is 35.5. The maximum atomic E-state index is 12.7. The lowest BCUT2D eigenvalue weighted by Crippen LogP contribution is -2.26. The van der Waals surface area contributed by atoms with Crippen LogP contribution in [0.15, 0.2) is 47.4 Å². The molecule has 6 nitrogen and oxygen atoms in total. The third-order valence-electron chi connectivity index (χ3n) is 6.04. The van der Waals surface area contributed by atoms with Crippen LogP contribution in [0.3, 0.4) is 0 Å². The van der Waals surface area contributed by atoms with Crippen molar-refractivity contribution in [3.05, 3.63) is 74.2 Å². The fraction of sp³-hybridized carbons (Fsp3) is 0.360. The van der Waals surface area contributed by atoms with Crippen LogP contribution in [-0.2, 0) is 34.1 Å². The lowest BCUT2D eigenvalue weighted by atomic mass is 10.0. The summed E-state index contributed by atoms with van der Waals surface area (Å²) in [5, 5.41) is 4.44. The van der Waals surface area contributed by atoms with Gasteiger partial charge in [0.15, 0.2) is 15.0 Å². The number of hydrogen-bond acceptors (Lipinski definition) is 6. The number of fused-ring (bicyclic) bond motifs is 1. The van der Waals surface area contributed by atoms with Crippen molar-refractivity contribution in [3.8, 4) is 0 Å². The van der Waals surface area contributed by atoms with Crippen molar-refractivity contribution < 1.29 is 13.2 Å². The summed E-state index contributed by atoms with van der Waals surface area (Å²) in [6.45, 7) is 7.50. The molecule has 0 saturated carbocycles. The number of amides is 1. The topological polar surface area (TPSA) is 79.4 Å². The van der Waals surface area contributed by atoms with E-state index in [0.717, 1.165) is 28.7 Å². The maximum absolute atomic E-state index is 12.7. The van der Waals surface area contributed by atoms with Gasteiger partial charge in [0.2, 0.25) is 5.91 Å². The van der Waals surface area contributed by atoms with E-state index in [0.29, 0.717) is 16.6 Å². The third kappa shape index (κ3) is 5.89. The Labute approximate surface area is 220 Å². The summed E-state index contributed by atoms with van der Waals surface area (Å²) in [5.41, 5.74) is 2.78. The molecule has 0 spiro atoms.